The fourth-order valence-corrected chi connectivity index (χ4v) is 2.55. The van der Waals surface area contributed by atoms with E-state index in [2.05, 4.69) is 22.0 Å². The second kappa shape index (κ2) is 6.91. The number of alkyl halides is 3. The predicted molar refractivity (Wildman–Crippen MR) is 75.4 cm³/mol. The van der Waals surface area contributed by atoms with E-state index >= 15 is 0 Å². The highest BCUT2D eigenvalue weighted by Crippen LogP contribution is 2.23. The molecule has 2 rings (SSSR count). The molecule has 7 heteroatoms. The second-order valence-corrected chi connectivity index (χ2v) is 5.52. The van der Waals surface area contributed by atoms with E-state index in [4.69, 9.17) is 0 Å². The summed E-state index contributed by atoms with van der Waals surface area (Å²) in [5.74, 6) is 0.0642. The van der Waals surface area contributed by atoms with Crippen LogP contribution in [0.4, 0.5) is 13.2 Å². The Balaban J connectivity index is 1.84. The molecule has 0 fully saturated rings. The third-order valence-electron chi connectivity index (χ3n) is 2.78. The summed E-state index contributed by atoms with van der Waals surface area (Å²) in [5.41, 5.74) is 0.739. The van der Waals surface area contributed by atoms with Gasteiger partial charge in [0.05, 0.1) is 5.01 Å². The zero-order chi connectivity index (χ0) is 15.3. The smallest absolute Gasteiger partial charge is 0.406 e. The maximum atomic E-state index is 12.1. The van der Waals surface area contributed by atoms with Gasteiger partial charge in [0.15, 0.2) is 0 Å². The van der Waals surface area contributed by atoms with Crippen molar-refractivity contribution in [2.24, 2.45) is 0 Å². The van der Waals surface area contributed by atoms with Gasteiger partial charge >= 0.3 is 6.36 Å². The molecule has 0 aliphatic rings. The van der Waals surface area contributed by atoms with Crippen LogP contribution in [0.2, 0.25) is 0 Å². The minimum absolute atomic E-state index is 0.199. The van der Waals surface area contributed by atoms with Crippen LogP contribution in [-0.2, 0) is 6.54 Å². The zero-order valence-corrected chi connectivity index (χ0v) is 12.2. The molecule has 1 atom stereocenters. The van der Waals surface area contributed by atoms with Gasteiger partial charge in [-0.2, -0.15) is 0 Å². The van der Waals surface area contributed by atoms with Crippen molar-refractivity contribution in [1.29, 1.82) is 0 Å². The number of aromatic nitrogens is 1. The van der Waals surface area contributed by atoms with E-state index in [1.54, 1.807) is 29.7 Å². The molecular formula is C14H15F3N2OS. The highest BCUT2D eigenvalue weighted by Gasteiger charge is 2.31. The maximum absolute atomic E-state index is 12.1. The van der Waals surface area contributed by atoms with E-state index in [-0.39, 0.29) is 11.7 Å². The van der Waals surface area contributed by atoms with Crippen molar-refractivity contribution in [2.75, 3.05) is 6.54 Å². The van der Waals surface area contributed by atoms with Crippen LogP contribution in [0.25, 0.3) is 0 Å². The largest absolute Gasteiger partial charge is 0.573 e. The lowest BCUT2D eigenvalue weighted by atomic mass is 10.1. The lowest BCUT2D eigenvalue weighted by molar-refractivity contribution is -0.274. The van der Waals surface area contributed by atoms with Gasteiger partial charge in [-0.25, -0.2) is 4.98 Å². The molecule has 1 aromatic carbocycles. The Morgan fingerprint density at radius 2 is 2.19 bits per heavy atom. The Hall–Kier alpha value is -1.60. The number of ether oxygens (including phenoxy) is 1. The average molecular weight is 316 g/mol. The molecule has 2 aromatic rings. The topological polar surface area (TPSA) is 34.1 Å². The molecule has 0 bridgehead atoms. The summed E-state index contributed by atoms with van der Waals surface area (Å²) >= 11 is 1.59. The second-order valence-electron chi connectivity index (χ2n) is 4.60. The third kappa shape index (κ3) is 5.35. The zero-order valence-electron chi connectivity index (χ0n) is 11.4. The standard InChI is InChI=1S/C14H15F3N2OS/c1-10(13-19-5-6-21-13)8-18-9-11-3-2-4-12(7-11)20-14(15,16)17/h2-7,10,18H,8-9H2,1H3. The van der Waals surface area contributed by atoms with Crippen LogP contribution in [0, 0.1) is 0 Å². The average Bonchev–Trinajstić information content (AvgIpc) is 2.91. The van der Waals surface area contributed by atoms with E-state index < -0.39 is 6.36 Å². The van der Waals surface area contributed by atoms with Crippen molar-refractivity contribution < 1.29 is 17.9 Å². The lowest BCUT2D eigenvalue weighted by Crippen LogP contribution is -2.20. The van der Waals surface area contributed by atoms with Crippen molar-refractivity contribution in [3.8, 4) is 5.75 Å². The Morgan fingerprint density at radius 1 is 1.38 bits per heavy atom. The molecular weight excluding hydrogens is 301 g/mol. The van der Waals surface area contributed by atoms with Crippen molar-refractivity contribution in [1.82, 2.24) is 10.3 Å². The lowest BCUT2D eigenvalue weighted by Gasteiger charge is -2.12. The van der Waals surface area contributed by atoms with E-state index in [1.165, 1.54) is 12.1 Å². The minimum Gasteiger partial charge on any atom is -0.406 e. The monoisotopic (exact) mass is 316 g/mol. The molecule has 1 aromatic heterocycles. The van der Waals surface area contributed by atoms with Crippen molar-refractivity contribution in [2.45, 2.75) is 25.7 Å². The molecule has 114 valence electrons. The number of hydrogen-bond acceptors (Lipinski definition) is 4. The quantitative estimate of drug-likeness (QED) is 0.876. The van der Waals surface area contributed by atoms with E-state index in [0.717, 1.165) is 10.6 Å². The van der Waals surface area contributed by atoms with Gasteiger partial charge in [0, 0.05) is 30.6 Å². The summed E-state index contributed by atoms with van der Waals surface area (Å²) in [5, 5.41) is 6.17. The number of nitrogens with zero attached hydrogens (tertiary/aromatic N) is 1. The summed E-state index contributed by atoms with van der Waals surface area (Å²) < 4.78 is 40.3. The number of rotatable bonds is 6. The Kier molecular flexibility index (Phi) is 5.19. The summed E-state index contributed by atoms with van der Waals surface area (Å²) in [7, 11) is 0. The molecule has 0 aliphatic heterocycles. The predicted octanol–water partition coefficient (Wildman–Crippen LogP) is 3.94. The van der Waals surface area contributed by atoms with Gasteiger partial charge in [0.1, 0.15) is 5.75 Å². The van der Waals surface area contributed by atoms with Gasteiger partial charge in [-0.15, -0.1) is 24.5 Å². The highest BCUT2D eigenvalue weighted by molar-refractivity contribution is 7.09. The first kappa shape index (κ1) is 15.8. The first-order valence-corrected chi connectivity index (χ1v) is 7.27. The molecule has 0 radical (unpaired) electrons. The number of halogens is 3. The van der Waals surface area contributed by atoms with Crippen LogP contribution in [0.15, 0.2) is 35.8 Å². The third-order valence-corrected chi connectivity index (χ3v) is 3.79. The molecule has 0 aliphatic carbocycles. The van der Waals surface area contributed by atoms with Crippen LogP contribution in [-0.4, -0.2) is 17.9 Å². The molecule has 1 unspecified atom stereocenters. The molecule has 3 nitrogen and oxygen atoms in total. The number of benzene rings is 1. The molecule has 0 saturated carbocycles. The molecule has 1 heterocycles. The summed E-state index contributed by atoms with van der Waals surface area (Å²) in [4.78, 5) is 4.23. The van der Waals surface area contributed by atoms with Crippen LogP contribution in [0.5, 0.6) is 5.75 Å². The molecule has 1 N–H and O–H groups in total. The van der Waals surface area contributed by atoms with Gasteiger partial charge in [-0.3, -0.25) is 0 Å². The Morgan fingerprint density at radius 3 is 2.86 bits per heavy atom. The first-order chi connectivity index (χ1) is 9.94. The van der Waals surface area contributed by atoms with E-state index in [9.17, 15) is 13.2 Å². The summed E-state index contributed by atoms with van der Waals surface area (Å²) in [6.07, 6.45) is -2.90. The van der Waals surface area contributed by atoms with Crippen LogP contribution < -0.4 is 10.1 Å². The number of thiazole rings is 1. The van der Waals surface area contributed by atoms with Crippen LogP contribution >= 0.6 is 11.3 Å². The Bertz CT molecular complexity index is 558. The normalized spacial score (nSPS) is 13.1. The molecule has 0 saturated heterocycles. The van der Waals surface area contributed by atoms with Crippen LogP contribution in [0.3, 0.4) is 0 Å². The molecule has 21 heavy (non-hydrogen) atoms. The first-order valence-electron chi connectivity index (χ1n) is 6.39. The van der Waals surface area contributed by atoms with Crippen molar-refractivity contribution in [3.63, 3.8) is 0 Å². The van der Waals surface area contributed by atoms with E-state index in [1.807, 2.05) is 5.38 Å². The highest BCUT2D eigenvalue weighted by atomic mass is 32.1. The number of nitrogens with one attached hydrogen (secondary N) is 1. The van der Waals surface area contributed by atoms with Gasteiger partial charge in [0.25, 0.3) is 0 Å². The van der Waals surface area contributed by atoms with Gasteiger partial charge in [-0.1, -0.05) is 19.1 Å². The van der Waals surface area contributed by atoms with Gasteiger partial charge in [0.2, 0.25) is 0 Å². The van der Waals surface area contributed by atoms with Crippen molar-refractivity contribution >= 4 is 11.3 Å². The minimum atomic E-state index is -4.66. The fraction of sp³-hybridized carbons (Fsp3) is 0.357. The maximum Gasteiger partial charge on any atom is 0.573 e. The van der Waals surface area contributed by atoms with Gasteiger partial charge < -0.3 is 10.1 Å². The van der Waals surface area contributed by atoms with Crippen LogP contribution in [0.1, 0.15) is 23.4 Å². The molecule has 0 amide bonds. The SMILES string of the molecule is CC(CNCc1cccc(OC(F)(F)F)c1)c1nccs1. The van der Waals surface area contributed by atoms with E-state index in [0.29, 0.717) is 13.1 Å². The van der Waals surface area contributed by atoms with Crippen molar-refractivity contribution in [3.05, 3.63) is 46.4 Å². The molecule has 0 spiro atoms. The Labute approximate surface area is 124 Å². The van der Waals surface area contributed by atoms with Gasteiger partial charge in [-0.05, 0) is 17.7 Å². The summed E-state index contributed by atoms with van der Waals surface area (Å²) in [6.45, 7) is 3.23. The fourth-order valence-electron chi connectivity index (χ4n) is 1.85. The summed E-state index contributed by atoms with van der Waals surface area (Å²) in [6, 6.07) is 5.97. The number of hydrogen-bond donors (Lipinski definition) is 1.